The zero-order valence-corrected chi connectivity index (χ0v) is 22.8. The van der Waals surface area contributed by atoms with Gasteiger partial charge in [-0.15, -0.1) is 0 Å². The first-order valence-electron chi connectivity index (χ1n) is 14.1. The number of hydrogen-bond acceptors (Lipinski definition) is 7. The Morgan fingerprint density at radius 1 is 1.13 bits per heavy atom. The second-order valence-corrected chi connectivity index (χ2v) is 10.6. The molecule has 1 aromatic carbocycles. The summed E-state index contributed by atoms with van der Waals surface area (Å²) in [5, 5.41) is 4.70. The van der Waals surface area contributed by atoms with Gasteiger partial charge in [-0.25, -0.2) is 9.67 Å². The van der Waals surface area contributed by atoms with E-state index < -0.39 is 0 Å². The van der Waals surface area contributed by atoms with Crippen LogP contribution in [0.1, 0.15) is 38.3 Å². The lowest BCUT2D eigenvalue weighted by atomic mass is 9.97. The predicted octanol–water partition coefficient (Wildman–Crippen LogP) is 4.24. The molecule has 2 aliphatic heterocycles. The van der Waals surface area contributed by atoms with Crippen molar-refractivity contribution >= 4 is 11.0 Å². The van der Waals surface area contributed by atoms with Gasteiger partial charge in [-0.2, -0.15) is 5.10 Å². The zero-order chi connectivity index (χ0) is 26.8. The molecule has 2 aliphatic rings. The number of benzene rings is 1. The molecule has 0 N–H and O–H groups in total. The Hall–Kier alpha value is -3.56. The van der Waals surface area contributed by atoms with Gasteiger partial charge in [-0.1, -0.05) is 6.07 Å². The highest BCUT2D eigenvalue weighted by Gasteiger charge is 2.27. The summed E-state index contributed by atoms with van der Waals surface area (Å²) in [7, 11) is 0. The third kappa shape index (κ3) is 5.46. The monoisotopic (exact) mass is 528 g/mol. The van der Waals surface area contributed by atoms with Crippen LogP contribution in [0.5, 0.6) is 5.75 Å². The quantitative estimate of drug-likeness (QED) is 0.338. The van der Waals surface area contributed by atoms with Crippen molar-refractivity contribution in [3.63, 3.8) is 0 Å². The first kappa shape index (κ1) is 25.7. The lowest BCUT2D eigenvalue weighted by molar-refractivity contribution is 0.0545. The Kier molecular flexibility index (Phi) is 7.43. The van der Waals surface area contributed by atoms with Gasteiger partial charge in [0, 0.05) is 49.8 Å². The van der Waals surface area contributed by atoms with Crippen LogP contribution in [-0.4, -0.2) is 68.2 Å². The smallest absolute Gasteiger partial charge is 0.282 e. The second kappa shape index (κ2) is 11.3. The third-order valence-corrected chi connectivity index (χ3v) is 7.80. The van der Waals surface area contributed by atoms with Crippen molar-refractivity contribution in [3.05, 3.63) is 64.8 Å². The molecule has 4 aromatic rings. The highest BCUT2D eigenvalue weighted by molar-refractivity contribution is 5.76. The molecule has 3 aromatic heterocycles. The Morgan fingerprint density at radius 3 is 2.87 bits per heavy atom. The molecule has 0 bridgehead atoms. The van der Waals surface area contributed by atoms with E-state index in [9.17, 15) is 4.79 Å². The van der Waals surface area contributed by atoms with Crippen molar-refractivity contribution in [1.82, 2.24) is 29.2 Å². The number of likely N-dealkylation sites (tertiary alicyclic amines) is 1. The maximum absolute atomic E-state index is 14.1. The van der Waals surface area contributed by atoms with Crippen LogP contribution in [0.3, 0.4) is 0 Å². The Bertz CT molecular complexity index is 1510. The van der Waals surface area contributed by atoms with Crippen LogP contribution in [0.2, 0.25) is 0 Å². The lowest BCUT2D eigenvalue weighted by Crippen LogP contribution is -2.42. The van der Waals surface area contributed by atoms with Crippen LogP contribution in [-0.2, 0) is 11.3 Å². The molecule has 5 heterocycles. The molecule has 9 heteroatoms. The van der Waals surface area contributed by atoms with E-state index in [1.54, 1.807) is 10.9 Å². The maximum Gasteiger partial charge on any atom is 0.282 e. The average molecular weight is 529 g/mol. The van der Waals surface area contributed by atoms with Gasteiger partial charge in [-0.05, 0) is 76.3 Å². The fourth-order valence-electron chi connectivity index (χ4n) is 5.91. The first-order chi connectivity index (χ1) is 19.1. The largest absolute Gasteiger partial charge is 0.494 e. The number of rotatable bonds is 8. The van der Waals surface area contributed by atoms with E-state index in [1.807, 2.05) is 61.0 Å². The molecule has 0 amide bonds. The van der Waals surface area contributed by atoms with Gasteiger partial charge in [0.1, 0.15) is 17.1 Å². The Morgan fingerprint density at radius 2 is 2.05 bits per heavy atom. The summed E-state index contributed by atoms with van der Waals surface area (Å²) in [4.78, 5) is 26.1. The van der Waals surface area contributed by atoms with E-state index in [2.05, 4.69) is 9.88 Å². The normalized spacial score (nSPS) is 20.1. The molecular weight excluding hydrogens is 492 g/mol. The molecule has 0 spiro atoms. The summed E-state index contributed by atoms with van der Waals surface area (Å²) >= 11 is 0. The second-order valence-electron chi connectivity index (χ2n) is 10.6. The van der Waals surface area contributed by atoms with E-state index in [4.69, 9.17) is 19.6 Å². The van der Waals surface area contributed by atoms with Crippen molar-refractivity contribution < 1.29 is 9.47 Å². The summed E-state index contributed by atoms with van der Waals surface area (Å²) in [5.74, 6) is 1.76. The van der Waals surface area contributed by atoms with Crippen LogP contribution in [0.15, 0.2) is 53.6 Å². The highest BCUT2D eigenvalue weighted by atomic mass is 16.5. The van der Waals surface area contributed by atoms with Gasteiger partial charge in [0.25, 0.3) is 5.56 Å². The minimum absolute atomic E-state index is 0.116. The van der Waals surface area contributed by atoms with Crippen molar-refractivity contribution in [2.45, 2.75) is 52.2 Å². The fraction of sp³-hybridized carbons (Fsp3) is 0.467. The molecule has 0 aliphatic carbocycles. The zero-order valence-electron chi connectivity index (χ0n) is 22.8. The number of hydrogen-bond donors (Lipinski definition) is 0. The minimum atomic E-state index is -0.116. The molecule has 204 valence electrons. The SMILES string of the molecule is CCOc1cccc(-n2cc3nc(-c4cccnc4C)n(C[C@H]4CCCN(C[C@H]5CCCO5)C4)c(=O)c3n2)c1. The summed E-state index contributed by atoms with van der Waals surface area (Å²) in [6, 6.07) is 11.6. The highest BCUT2D eigenvalue weighted by Crippen LogP contribution is 2.26. The first-order valence-corrected chi connectivity index (χ1v) is 14.1. The minimum Gasteiger partial charge on any atom is -0.494 e. The van der Waals surface area contributed by atoms with E-state index in [0.29, 0.717) is 42.0 Å². The average Bonchev–Trinajstić information content (AvgIpc) is 3.62. The molecule has 2 fully saturated rings. The summed E-state index contributed by atoms with van der Waals surface area (Å²) in [6.45, 7) is 8.98. The van der Waals surface area contributed by atoms with Crippen LogP contribution in [0.4, 0.5) is 0 Å². The predicted molar refractivity (Wildman–Crippen MR) is 150 cm³/mol. The molecule has 0 radical (unpaired) electrons. The molecule has 2 saturated heterocycles. The number of fused-ring (bicyclic) bond motifs is 1. The van der Waals surface area contributed by atoms with Gasteiger partial charge < -0.3 is 14.4 Å². The number of ether oxygens (including phenoxy) is 2. The number of pyridine rings is 1. The van der Waals surface area contributed by atoms with Gasteiger partial charge in [0.05, 0.1) is 24.6 Å². The van der Waals surface area contributed by atoms with E-state index in [1.165, 1.54) is 0 Å². The molecule has 2 atom stereocenters. The topological polar surface area (TPSA) is 87.3 Å². The summed E-state index contributed by atoms with van der Waals surface area (Å²) in [6.07, 6.45) is 8.42. The van der Waals surface area contributed by atoms with Crippen LogP contribution in [0, 0.1) is 12.8 Å². The standard InChI is InChI=1S/C30H36N6O3/c1-3-38-24-10-4-9-23(16-24)36-20-27-28(33-36)30(37)35(29(32-27)26-12-5-13-31-21(26)2)18-22-8-6-14-34(17-22)19-25-11-7-15-39-25/h4-5,9-10,12-13,16,20,22,25H,3,6-8,11,14-15,17-19H2,1-2H3/t22-,25+/m0/s1. The molecule has 0 unspecified atom stereocenters. The Balaban J connectivity index is 1.37. The molecule has 9 nitrogen and oxygen atoms in total. The van der Waals surface area contributed by atoms with E-state index in [0.717, 1.165) is 74.6 Å². The fourth-order valence-corrected chi connectivity index (χ4v) is 5.91. The van der Waals surface area contributed by atoms with Gasteiger partial charge in [0.15, 0.2) is 5.52 Å². The number of aryl methyl sites for hydroxylation is 1. The van der Waals surface area contributed by atoms with E-state index >= 15 is 0 Å². The van der Waals surface area contributed by atoms with Crippen molar-refractivity contribution in [2.75, 3.05) is 32.8 Å². The van der Waals surface area contributed by atoms with Crippen LogP contribution >= 0.6 is 0 Å². The molecule has 39 heavy (non-hydrogen) atoms. The van der Waals surface area contributed by atoms with E-state index in [-0.39, 0.29) is 5.56 Å². The van der Waals surface area contributed by atoms with Crippen molar-refractivity contribution in [2.24, 2.45) is 5.92 Å². The molecule has 6 rings (SSSR count). The summed E-state index contributed by atoms with van der Waals surface area (Å²) < 4.78 is 15.1. The Labute approximate surface area is 228 Å². The lowest BCUT2D eigenvalue weighted by Gasteiger charge is -2.34. The number of aromatic nitrogens is 5. The number of nitrogens with zero attached hydrogens (tertiary/aromatic N) is 6. The van der Waals surface area contributed by atoms with Crippen molar-refractivity contribution in [1.29, 1.82) is 0 Å². The third-order valence-electron chi connectivity index (χ3n) is 7.80. The van der Waals surface area contributed by atoms with Crippen LogP contribution < -0.4 is 10.3 Å². The van der Waals surface area contributed by atoms with Crippen LogP contribution in [0.25, 0.3) is 28.1 Å². The molecular formula is C30H36N6O3. The molecule has 0 saturated carbocycles. The summed E-state index contributed by atoms with van der Waals surface area (Å²) in [5.41, 5.74) is 3.36. The van der Waals surface area contributed by atoms with Gasteiger partial charge in [0.2, 0.25) is 0 Å². The van der Waals surface area contributed by atoms with Crippen molar-refractivity contribution in [3.8, 4) is 22.8 Å². The number of piperidine rings is 1. The maximum atomic E-state index is 14.1. The van der Waals surface area contributed by atoms with Gasteiger partial charge >= 0.3 is 0 Å². The van der Waals surface area contributed by atoms with Gasteiger partial charge in [-0.3, -0.25) is 14.3 Å².